The minimum atomic E-state index is 0.269. The van der Waals surface area contributed by atoms with Crippen molar-refractivity contribution in [3.8, 4) is 11.3 Å². The van der Waals surface area contributed by atoms with Crippen molar-refractivity contribution < 1.29 is 13.4 Å². The Morgan fingerprint density at radius 3 is 2.78 bits per heavy atom. The Morgan fingerprint density at radius 2 is 1.94 bits per heavy atom. The summed E-state index contributed by atoms with van der Waals surface area (Å²) in [4.78, 5) is 0. The third kappa shape index (κ3) is 1.13. The van der Waals surface area contributed by atoms with E-state index < -0.39 is 0 Å². The molecule has 4 aromatic rings. The quantitative estimate of drug-likeness (QED) is 0.551. The van der Waals surface area contributed by atoms with E-state index in [4.69, 9.17) is 19.1 Å². The zero-order valence-electron chi connectivity index (χ0n) is 9.21. The highest BCUT2D eigenvalue weighted by atomic mass is 16.5. The first kappa shape index (κ1) is 9.35. The van der Waals surface area contributed by atoms with Crippen LogP contribution in [0.25, 0.3) is 33.2 Å². The number of nitrogens with two attached hydrogens (primary N) is 1. The molecule has 18 heavy (non-hydrogen) atoms. The molecule has 0 amide bonds. The summed E-state index contributed by atoms with van der Waals surface area (Å²) in [5.74, 6) is 0.269. The maximum atomic E-state index is 5.57. The second-order valence-electron chi connectivity index (χ2n) is 4.04. The molecule has 3 aromatic heterocycles. The highest BCUT2D eigenvalue weighted by Crippen LogP contribution is 2.37. The van der Waals surface area contributed by atoms with E-state index in [0.717, 1.165) is 27.5 Å². The van der Waals surface area contributed by atoms with Gasteiger partial charge < -0.3 is 19.1 Å². The number of nitrogens with zero attached hydrogens (tertiary/aromatic N) is 1. The van der Waals surface area contributed by atoms with E-state index >= 15 is 0 Å². The topological polar surface area (TPSA) is 78.3 Å². The lowest BCUT2D eigenvalue weighted by molar-refractivity contribution is 0.439. The maximum Gasteiger partial charge on any atom is 0.222 e. The molecule has 0 aliphatic heterocycles. The molecule has 0 saturated carbocycles. The second kappa shape index (κ2) is 3.16. The van der Waals surface area contributed by atoms with E-state index in [9.17, 15) is 0 Å². The van der Waals surface area contributed by atoms with Crippen LogP contribution in [0.3, 0.4) is 0 Å². The number of fused-ring (bicyclic) bond motifs is 2. The van der Waals surface area contributed by atoms with E-state index in [1.807, 2.05) is 18.2 Å². The Balaban J connectivity index is 2.21. The van der Waals surface area contributed by atoms with Gasteiger partial charge >= 0.3 is 0 Å². The number of hydrogen-bond acceptors (Lipinski definition) is 5. The predicted molar refractivity (Wildman–Crippen MR) is 65.9 cm³/mol. The lowest BCUT2D eigenvalue weighted by Gasteiger charge is -1.99. The van der Waals surface area contributed by atoms with Crippen molar-refractivity contribution in [3.63, 3.8) is 0 Å². The van der Waals surface area contributed by atoms with Crippen LogP contribution in [0, 0.1) is 0 Å². The molecule has 0 spiro atoms. The fourth-order valence-corrected chi connectivity index (χ4v) is 2.20. The Hall–Kier alpha value is -2.69. The molecule has 0 aliphatic carbocycles. The van der Waals surface area contributed by atoms with E-state index in [1.165, 1.54) is 0 Å². The third-order valence-corrected chi connectivity index (χ3v) is 2.96. The van der Waals surface area contributed by atoms with E-state index in [0.29, 0.717) is 5.69 Å². The molecule has 0 atom stereocenters. The molecular weight excluding hydrogens is 232 g/mol. The molecular formula is C13H8N2O3. The SMILES string of the molecule is Nc1cc(-c2c3ccoc3cc3ccoc23)no1. The number of rotatable bonds is 1. The van der Waals surface area contributed by atoms with Crippen molar-refractivity contribution >= 4 is 27.8 Å². The third-order valence-electron chi connectivity index (χ3n) is 2.96. The van der Waals surface area contributed by atoms with Gasteiger partial charge in [-0.1, -0.05) is 5.16 Å². The van der Waals surface area contributed by atoms with Crippen LogP contribution < -0.4 is 5.73 Å². The van der Waals surface area contributed by atoms with Gasteiger partial charge in [-0.2, -0.15) is 0 Å². The summed E-state index contributed by atoms with van der Waals surface area (Å²) in [7, 11) is 0. The summed E-state index contributed by atoms with van der Waals surface area (Å²) in [6.45, 7) is 0. The van der Waals surface area contributed by atoms with Crippen LogP contribution in [0.5, 0.6) is 0 Å². The lowest BCUT2D eigenvalue weighted by Crippen LogP contribution is -1.80. The molecule has 0 saturated heterocycles. The summed E-state index contributed by atoms with van der Waals surface area (Å²) < 4.78 is 15.9. The molecule has 5 nitrogen and oxygen atoms in total. The summed E-state index contributed by atoms with van der Waals surface area (Å²) in [5.41, 5.74) is 8.57. The number of hydrogen-bond donors (Lipinski definition) is 1. The van der Waals surface area contributed by atoms with E-state index in [-0.39, 0.29) is 5.88 Å². The van der Waals surface area contributed by atoms with Crippen LogP contribution in [0.1, 0.15) is 0 Å². The Kier molecular flexibility index (Phi) is 1.64. The van der Waals surface area contributed by atoms with Crippen LogP contribution >= 0.6 is 0 Å². The summed E-state index contributed by atoms with van der Waals surface area (Å²) in [6, 6.07) is 7.35. The zero-order valence-corrected chi connectivity index (χ0v) is 9.21. The monoisotopic (exact) mass is 240 g/mol. The first-order valence-electron chi connectivity index (χ1n) is 5.43. The zero-order chi connectivity index (χ0) is 12.1. The number of benzene rings is 1. The largest absolute Gasteiger partial charge is 0.464 e. The number of furan rings is 2. The highest BCUT2D eigenvalue weighted by molar-refractivity contribution is 6.08. The van der Waals surface area contributed by atoms with Crippen molar-refractivity contribution in [1.82, 2.24) is 5.16 Å². The molecule has 88 valence electrons. The van der Waals surface area contributed by atoms with Crippen LogP contribution in [0.2, 0.25) is 0 Å². The molecule has 0 bridgehead atoms. The van der Waals surface area contributed by atoms with Crippen molar-refractivity contribution in [3.05, 3.63) is 36.8 Å². The van der Waals surface area contributed by atoms with Crippen molar-refractivity contribution in [2.75, 3.05) is 5.73 Å². The van der Waals surface area contributed by atoms with Gasteiger partial charge in [-0.3, -0.25) is 0 Å². The van der Waals surface area contributed by atoms with Crippen LogP contribution in [-0.2, 0) is 0 Å². The fourth-order valence-electron chi connectivity index (χ4n) is 2.20. The molecule has 5 heteroatoms. The molecule has 2 N–H and O–H groups in total. The Labute approximate surface area is 101 Å². The molecule has 0 radical (unpaired) electrons. The van der Waals surface area contributed by atoms with Crippen molar-refractivity contribution in [2.24, 2.45) is 0 Å². The van der Waals surface area contributed by atoms with Gasteiger partial charge in [-0.05, 0) is 18.2 Å². The average molecular weight is 240 g/mol. The standard InChI is InChI=1S/C13H8N2O3/c14-11-6-9(15-18-11)12-8-2-4-16-10(8)5-7-1-3-17-13(7)12/h1-6H,14H2. The van der Waals surface area contributed by atoms with Gasteiger partial charge in [0.1, 0.15) is 16.9 Å². The van der Waals surface area contributed by atoms with Crippen molar-refractivity contribution in [1.29, 1.82) is 0 Å². The molecule has 4 rings (SSSR count). The second-order valence-corrected chi connectivity index (χ2v) is 4.04. The summed E-state index contributed by atoms with van der Waals surface area (Å²) in [5, 5.41) is 5.82. The summed E-state index contributed by atoms with van der Waals surface area (Å²) >= 11 is 0. The lowest BCUT2D eigenvalue weighted by atomic mass is 10.0. The van der Waals surface area contributed by atoms with Gasteiger partial charge in [0.25, 0.3) is 0 Å². The Bertz CT molecular complexity index is 805. The number of aromatic nitrogens is 1. The van der Waals surface area contributed by atoms with Crippen LogP contribution in [-0.4, -0.2) is 5.16 Å². The first-order valence-corrected chi connectivity index (χ1v) is 5.43. The first-order chi connectivity index (χ1) is 8.83. The molecule has 1 aromatic carbocycles. The molecule has 0 fully saturated rings. The van der Waals surface area contributed by atoms with Gasteiger partial charge in [0, 0.05) is 16.8 Å². The van der Waals surface area contributed by atoms with Crippen LogP contribution in [0.15, 0.2) is 50.1 Å². The fraction of sp³-hybridized carbons (Fsp3) is 0. The predicted octanol–water partition coefficient (Wildman–Crippen LogP) is 3.42. The van der Waals surface area contributed by atoms with Gasteiger partial charge in [0.15, 0.2) is 0 Å². The highest BCUT2D eigenvalue weighted by Gasteiger charge is 2.17. The summed E-state index contributed by atoms with van der Waals surface area (Å²) in [6.07, 6.45) is 3.27. The molecule has 0 aliphatic rings. The average Bonchev–Trinajstić information content (AvgIpc) is 3.04. The van der Waals surface area contributed by atoms with Gasteiger partial charge in [0.2, 0.25) is 5.88 Å². The van der Waals surface area contributed by atoms with Gasteiger partial charge in [-0.15, -0.1) is 0 Å². The normalized spacial score (nSPS) is 11.6. The molecule has 3 heterocycles. The maximum absolute atomic E-state index is 5.57. The van der Waals surface area contributed by atoms with Gasteiger partial charge in [-0.25, -0.2) is 0 Å². The minimum Gasteiger partial charge on any atom is -0.464 e. The van der Waals surface area contributed by atoms with E-state index in [1.54, 1.807) is 18.6 Å². The smallest absolute Gasteiger partial charge is 0.222 e. The molecule has 0 unspecified atom stereocenters. The van der Waals surface area contributed by atoms with Crippen LogP contribution in [0.4, 0.5) is 5.88 Å². The number of anilines is 1. The number of nitrogen functional groups attached to an aromatic ring is 1. The van der Waals surface area contributed by atoms with Gasteiger partial charge in [0.05, 0.1) is 18.1 Å². The minimum absolute atomic E-state index is 0.269. The Morgan fingerprint density at radius 1 is 1.06 bits per heavy atom. The van der Waals surface area contributed by atoms with E-state index in [2.05, 4.69) is 5.16 Å². The van der Waals surface area contributed by atoms with Crippen molar-refractivity contribution in [2.45, 2.75) is 0 Å².